The largest absolute Gasteiger partial charge is 0.467 e. The maximum absolute atomic E-state index is 12.9. The molecule has 0 fully saturated rings. The molecule has 2 aromatic carbocycles. The Morgan fingerprint density at radius 1 is 1.11 bits per heavy atom. The van der Waals surface area contributed by atoms with Crippen LogP contribution in [0.25, 0.3) is 10.6 Å². The number of ether oxygens (including phenoxy) is 2. The van der Waals surface area contributed by atoms with E-state index in [1.807, 2.05) is 26.0 Å². The molecule has 0 aliphatic heterocycles. The number of thiazole rings is 1. The molecule has 0 spiro atoms. The van der Waals surface area contributed by atoms with Crippen molar-refractivity contribution in [2.24, 2.45) is 0 Å². The lowest BCUT2D eigenvalue weighted by atomic mass is 9.95. The molecule has 188 valence electrons. The lowest BCUT2D eigenvalue weighted by molar-refractivity contribution is -0.153. The molecule has 9 heteroatoms. The zero-order valence-electron chi connectivity index (χ0n) is 20.0. The van der Waals surface area contributed by atoms with Gasteiger partial charge in [-0.3, -0.25) is 0 Å². The van der Waals surface area contributed by atoms with E-state index in [1.165, 1.54) is 30.6 Å². The van der Waals surface area contributed by atoms with Gasteiger partial charge in [-0.15, -0.1) is 11.3 Å². The number of nitrogens with zero attached hydrogens (tertiary/aromatic N) is 1. The van der Waals surface area contributed by atoms with Crippen LogP contribution >= 0.6 is 11.3 Å². The third-order valence-corrected chi connectivity index (χ3v) is 6.96. The van der Waals surface area contributed by atoms with E-state index in [0.29, 0.717) is 46.2 Å². The molecule has 1 N–H and O–H groups in total. The Bertz CT molecular complexity index is 1160. The topological polar surface area (TPSA) is 68.7 Å². The minimum absolute atomic E-state index is 0.359. The molecular formula is C26H28F3NO4S. The number of esters is 1. The molecule has 0 bridgehead atoms. The number of aliphatic hydroxyl groups is 1. The first-order valence-electron chi connectivity index (χ1n) is 11.2. The van der Waals surface area contributed by atoms with Crippen LogP contribution in [0.2, 0.25) is 0 Å². The molecule has 1 unspecified atom stereocenters. The van der Waals surface area contributed by atoms with Crippen molar-refractivity contribution in [2.75, 3.05) is 13.7 Å². The number of hydrogen-bond acceptors (Lipinski definition) is 6. The fraction of sp³-hybridized carbons (Fsp3) is 0.385. The molecule has 5 nitrogen and oxygen atoms in total. The standard InChI is InChI=1S/C26H28F3NO4S/c1-5-16-13-19(8-7-18(16)14-21(34-6-2)25(32)33-4)22(31)23-15(3)30-24(35-23)17-9-11-20(12-10-17)26(27,28)29/h7-13,21-22,31H,5-6,14H2,1-4H3/t21-,22?/m0/s1. The Morgan fingerprint density at radius 2 is 1.80 bits per heavy atom. The molecule has 0 aliphatic carbocycles. The Kier molecular flexibility index (Phi) is 8.69. The van der Waals surface area contributed by atoms with Crippen molar-refractivity contribution >= 4 is 17.3 Å². The normalized spacial score (nSPS) is 13.5. The van der Waals surface area contributed by atoms with Gasteiger partial charge in [-0.05, 0) is 49.1 Å². The van der Waals surface area contributed by atoms with Crippen molar-refractivity contribution in [3.05, 3.63) is 75.3 Å². The zero-order chi connectivity index (χ0) is 25.8. The first-order chi connectivity index (χ1) is 16.6. The lowest BCUT2D eigenvalue weighted by Gasteiger charge is -2.18. The van der Waals surface area contributed by atoms with Crippen LogP contribution in [0, 0.1) is 6.92 Å². The van der Waals surface area contributed by atoms with E-state index in [0.717, 1.165) is 23.3 Å². The zero-order valence-corrected chi connectivity index (χ0v) is 20.8. The Morgan fingerprint density at radius 3 is 2.37 bits per heavy atom. The molecule has 35 heavy (non-hydrogen) atoms. The quantitative estimate of drug-likeness (QED) is 0.365. The molecular weight excluding hydrogens is 479 g/mol. The van der Waals surface area contributed by atoms with Crippen molar-refractivity contribution in [1.29, 1.82) is 0 Å². The van der Waals surface area contributed by atoms with Crippen molar-refractivity contribution in [1.82, 2.24) is 4.98 Å². The van der Waals surface area contributed by atoms with Crippen molar-refractivity contribution in [3.8, 4) is 10.6 Å². The first-order valence-corrected chi connectivity index (χ1v) is 12.0. The number of carbonyl (C=O) groups is 1. The summed E-state index contributed by atoms with van der Waals surface area (Å²) in [5.41, 5.74) is 3.02. The Hall–Kier alpha value is -2.75. The van der Waals surface area contributed by atoms with Crippen LogP contribution in [0.4, 0.5) is 13.2 Å². The van der Waals surface area contributed by atoms with Crippen LogP contribution in [0.1, 0.15) is 52.8 Å². The van der Waals surface area contributed by atoms with E-state index in [9.17, 15) is 23.1 Å². The number of aliphatic hydroxyl groups excluding tert-OH is 1. The molecule has 2 atom stereocenters. The molecule has 0 aliphatic rings. The van der Waals surface area contributed by atoms with Gasteiger partial charge in [-0.2, -0.15) is 13.2 Å². The molecule has 3 rings (SSSR count). The molecule has 0 radical (unpaired) electrons. The Balaban J connectivity index is 1.86. The van der Waals surface area contributed by atoms with E-state index in [1.54, 1.807) is 13.0 Å². The summed E-state index contributed by atoms with van der Waals surface area (Å²) in [5.74, 6) is -0.436. The summed E-state index contributed by atoms with van der Waals surface area (Å²) in [6.07, 6.45) is -5.01. The van der Waals surface area contributed by atoms with Crippen LogP contribution in [0.15, 0.2) is 42.5 Å². The molecule has 0 saturated heterocycles. The number of alkyl halides is 3. The van der Waals surface area contributed by atoms with Gasteiger partial charge in [0, 0.05) is 18.6 Å². The fourth-order valence-corrected chi connectivity index (χ4v) is 4.91. The average molecular weight is 508 g/mol. The predicted molar refractivity (Wildman–Crippen MR) is 128 cm³/mol. The van der Waals surface area contributed by atoms with Gasteiger partial charge < -0.3 is 14.6 Å². The maximum atomic E-state index is 12.9. The van der Waals surface area contributed by atoms with Crippen molar-refractivity contribution in [3.63, 3.8) is 0 Å². The predicted octanol–water partition coefficient (Wildman–Crippen LogP) is 5.90. The van der Waals surface area contributed by atoms with Gasteiger partial charge in [-0.25, -0.2) is 9.78 Å². The highest BCUT2D eigenvalue weighted by Crippen LogP contribution is 2.37. The van der Waals surface area contributed by atoms with E-state index in [4.69, 9.17) is 9.47 Å². The summed E-state index contributed by atoms with van der Waals surface area (Å²) in [6.45, 7) is 5.95. The minimum atomic E-state index is -4.40. The van der Waals surface area contributed by atoms with Gasteiger partial charge in [0.2, 0.25) is 0 Å². The van der Waals surface area contributed by atoms with Crippen LogP contribution < -0.4 is 0 Å². The van der Waals surface area contributed by atoms with Gasteiger partial charge in [-0.1, -0.05) is 37.3 Å². The number of methoxy groups -OCH3 is 1. The lowest BCUT2D eigenvalue weighted by Crippen LogP contribution is -2.28. The number of aromatic nitrogens is 1. The maximum Gasteiger partial charge on any atom is 0.416 e. The molecule has 1 heterocycles. The number of carbonyl (C=O) groups excluding carboxylic acids is 1. The van der Waals surface area contributed by atoms with Gasteiger partial charge >= 0.3 is 12.1 Å². The van der Waals surface area contributed by atoms with E-state index in [2.05, 4.69) is 4.98 Å². The van der Waals surface area contributed by atoms with Crippen LogP contribution in [-0.4, -0.2) is 35.9 Å². The summed E-state index contributed by atoms with van der Waals surface area (Å²) < 4.78 is 49.0. The van der Waals surface area contributed by atoms with Crippen molar-refractivity contribution in [2.45, 2.75) is 52.0 Å². The summed E-state index contributed by atoms with van der Waals surface area (Å²) in [7, 11) is 1.32. The summed E-state index contributed by atoms with van der Waals surface area (Å²) in [4.78, 5) is 17.1. The van der Waals surface area contributed by atoms with Gasteiger partial charge in [0.15, 0.2) is 6.10 Å². The van der Waals surface area contributed by atoms with E-state index in [-0.39, 0.29) is 0 Å². The molecule has 3 aromatic rings. The van der Waals surface area contributed by atoms with Crippen LogP contribution in [0.5, 0.6) is 0 Å². The average Bonchev–Trinajstić information content (AvgIpc) is 3.24. The van der Waals surface area contributed by atoms with Crippen LogP contribution in [0.3, 0.4) is 0 Å². The minimum Gasteiger partial charge on any atom is -0.467 e. The van der Waals surface area contributed by atoms with Gasteiger partial charge in [0.1, 0.15) is 11.1 Å². The number of halogens is 3. The Labute approximate surface area is 206 Å². The number of benzene rings is 2. The summed E-state index contributed by atoms with van der Waals surface area (Å²) in [6, 6.07) is 10.4. The highest BCUT2D eigenvalue weighted by molar-refractivity contribution is 7.15. The van der Waals surface area contributed by atoms with E-state index < -0.39 is 29.9 Å². The van der Waals surface area contributed by atoms with Crippen LogP contribution in [-0.2, 0) is 33.3 Å². The highest BCUT2D eigenvalue weighted by atomic mass is 32.1. The summed E-state index contributed by atoms with van der Waals surface area (Å²) in [5, 5.41) is 11.6. The third kappa shape index (κ3) is 6.28. The van der Waals surface area contributed by atoms with Gasteiger partial charge in [0.25, 0.3) is 0 Å². The second-order valence-corrected chi connectivity index (χ2v) is 9.03. The van der Waals surface area contributed by atoms with Gasteiger partial charge in [0.05, 0.1) is 23.2 Å². The van der Waals surface area contributed by atoms with E-state index >= 15 is 0 Å². The monoisotopic (exact) mass is 507 g/mol. The summed E-state index contributed by atoms with van der Waals surface area (Å²) >= 11 is 1.25. The number of hydrogen-bond donors (Lipinski definition) is 1. The number of aryl methyl sites for hydroxylation is 2. The molecule has 1 aromatic heterocycles. The number of rotatable bonds is 9. The SMILES string of the molecule is CCO[C@@H](Cc1ccc(C(O)c2sc(-c3ccc(C(F)(F)F)cc3)nc2C)cc1CC)C(=O)OC. The molecule has 0 amide bonds. The highest BCUT2D eigenvalue weighted by Gasteiger charge is 2.30. The smallest absolute Gasteiger partial charge is 0.416 e. The van der Waals surface area contributed by atoms with Crippen molar-refractivity contribution < 1.29 is 32.5 Å². The second-order valence-electron chi connectivity index (χ2n) is 8.00. The molecule has 0 saturated carbocycles. The fourth-order valence-electron chi connectivity index (χ4n) is 3.83. The first kappa shape index (κ1) is 26.8. The third-order valence-electron chi connectivity index (χ3n) is 5.70. The second kappa shape index (κ2) is 11.3.